The van der Waals surface area contributed by atoms with Crippen LogP contribution < -0.4 is 0 Å². The Labute approximate surface area is 124 Å². The number of benzene rings is 1. The first-order chi connectivity index (χ1) is 9.49. The Morgan fingerprint density at radius 2 is 2.00 bits per heavy atom. The van der Waals surface area contributed by atoms with Crippen molar-refractivity contribution in [3.05, 3.63) is 33.8 Å². The van der Waals surface area contributed by atoms with Crippen molar-refractivity contribution in [1.82, 2.24) is 9.80 Å². The molecule has 0 N–H and O–H groups in total. The molecule has 5 nitrogen and oxygen atoms in total. The van der Waals surface area contributed by atoms with Crippen LogP contribution in [-0.4, -0.2) is 40.6 Å². The average Bonchev–Trinajstić information content (AvgIpc) is 2.74. The fourth-order valence-electron chi connectivity index (χ4n) is 2.73. The lowest BCUT2D eigenvalue weighted by Crippen LogP contribution is -2.53. The lowest BCUT2D eigenvalue weighted by atomic mass is 10.0. The van der Waals surface area contributed by atoms with E-state index < -0.39 is 6.04 Å². The van der Waals surface area contributed by atoms with Crippen LogP contribution in [0.5, 0.6) is 0 Å². The highest BCUT2D eigenvalue weighted by Gasteiger charge is 2.41. The minimum atomic E-state index is -0.531. The van der Waals surface area contributed by atoms with Crippen molar-refractivity contribution in [2.24, 2.45) is 0 Å². The molecular weight excluding hydrogens is 324 g/mol. The molecule has 2 aliphatic heterocycles. The summed E-state index contributed by atoms with van der Waals surface area (Å²) in [5.41, 5.74) is 1.55. The number of rotatable bonds is 1. The van der Waals surface area contributed by atoms with Gasteiger partial charge >= 0.3 is 0 Å². The number of likely N-dealkylation sites (N-methyl/N-ethyl adjacent to an activating group) is 1. The molecule has 20 heavy (non-hydrogen) atoms. The normalized spacial score (nSPS) is 22.5. The maximum Gasteiger partial charge on any atom is 0.255 e. The van der Waals surface area contributed by atoms with Crippen LogP contribution in [0.2, 0.25) is 0 Å². The number of nitrogens with zero attached hydrogens (tertiary/aromatic N) is 2. The number of fused-ring (bicyclic) bond motifs is 1. The van der Waals surface area contributed by atoms with Crippen molar-refractivity contribution in [3.63, 3.8) is 0 Å². The summed E-state index contributed by atoms with van der Waals surface area (Å²) in [5, 5.41) is 0. The van der Waals surface area contributed by atoms with Gasteiger partial charge in [-0.15, -0.1) is 0 Å². The Morgan fingerprint density at radius 1 is 1.25 bits per heavy atom. The monoisotopic (exact) mass is 336 g/mol. The Morgan fingerprint density at radius 3 is 2.75 bits per heavy atom. The van der Waals surface area contributed by atoms with Crippen molar-refractivity contribution in [2.45, 2.75) is 25.4 Å². The lowest BCUT2D eigenvalue weighted by Gasteiger charge is -2.33. The van der Waals surface area contributed by atoms with Crippen LogP contribution >= 0.6 is 15.9 Å². The maximum absolute atomic E-state index is 12.4. The van der Waals surface area contributed by atoms with Crippen molar-refractivity contribution >= 4 is 33.7 Å². The number of imide groups is 1. The topological polar surface area (TPSA) is 57.7 Å². The third-order valence-corrected chi connectivity index (χ3v) is 4.39. The third-order valence-electron chi connectivity index (χ3n) is 3.90. The molecule has 0 aliphatic carbocycles. The molecular formula is C14H13BrN2O3. The molecule has 0 spiro atoms. The molecule has 1 unspecified atom stereocenters. The van der Waals surface area contributed by atoms with E-state index in [2.05, 4.69) is 15.9 Å². The first-order valence-electron chi connectivity index (χ1n) is 6.39. The second kappa shape index (κ2) is 4.70. The highest BCUT2D eigenvalue weighted by atomic mass is 79.9. The molecule has 3 amide bonds. The van der Waals surface area contributed by atoms with Crippen LogP contribution in [0.1, 0.15) is 28.8 Å². The fraction of sp³-hybridized carbons (Fsp3) is 0.357. The molecule has 0 saturated carbocycles. The minimum Gasteiger partial charge on any atom is -0.322 e. The number of likely N-dealkylation sites (tertiary alicyclic amines) is 1. The largest absolute Gasteiger partial charge is 0.322 e. The predicted octanol–water partition coefficient (Wildman–Crippen LogP) is 1.55. The standard InChI is InChI=1S/C14H13BrN2O3/c1-16-12(18)5-4-11(14(16)20)17-7-8-2-3-9(15)6-10(8)13(17)19/h2-3,6,11H,4-5,7H2,1H3. The summed E-state index contributed by atoms with van der Waals surface area (Å²) in [7, 11) is 1.47. The van der Waals surface area contributed by atoms with Gasteiger partial charge in [0.15, 0.2) is 0 Å². The molecule has 1 atom stereocenters. The van der Waals surface area contributed by atoms with E-state index in [9.17, 15) is 14.4 Å². The number of carbonyl (C=O) groups excluding carboxylic acids is 3. The van der Waals surface area contributed by atoms with Gasteiger partial charge in [-0.25, -0.2) is 0 Å². The minimum absolute atomic E-state index is 0.137. The summed E-state index contributed by atoms with van der Waals surface area (Å²) in [5.74, 6) is -0.609. The highest BCUT2D eigenvalue weighted by molar-refractivity contribution is 9.10. The summed E-state index contributed by atoms with van der Waals surface area (Å²) in [4.78, 5) is 38.8. The van der Waals surface area contributed by atoms with Crippen LogP contribution in [0.3, 0.4) is 0 Å². The first-order valence-corrected chi connectivity index (χ1v) is 7.18. The van der Waals surface area contributed by atoms with Crippen molar-refractivity contribution in [3.8, 4) is 0 Å². The summed E-state index contributed by atoms with van der Waals surface area (Å²) >= 11 is 3.35. The van der Waals surface area contributed by atoms with Gasteiger partial charge in [-0.1, -0.05) is 22.0 Å². The summed E-state index contributed by atoms with van der Waals surface area (Å²) in [6, 6.07) is 5.02. The molecule has 0 bridgehead atoms. The average molecular weight is 337 g/mol. The first kappa shape index (κ1) is 13.3. The van der Waals surface area contributed by atoms with Gasteiger partial charge in [0.2, 0.25) is 5.91 Å². The molecule has 2 aliphatic rings. The Bertz CT molecular complexity index is 629. The summed E-state index contributed by atoms with van der Waals surface area (Å²) in [6.07, 6.45) is 0.708. The number of halogens is 1. The molecule has 3 rings (SSSR count). The van der Waals surface area contributed by atoms with Crippen LogP contribution in [0, 0.1) is 0 Å². The second-order valence-electron chi connectivity index (χ2n) is 5.08. The number of hydrogen-bond donors (Lipinski definition) is 0. The van der Waals surface area contributed by atoms with Gasteiger partial charge < -0.3 is 4.90 Å². The second-order valence-corrected chi connectivity index (χ2v) is 6.00. The smallest absolute Gasteiger partial charge is 0.255 e. The molecule has 104 valence electrons. The van der Waals surface area contributed by atoms with Gasteiger partial charge in [-0.2, -0.15) is 0 Å². The Kier molecular flexibility index (Phi) is 3.12. The zero-order valence-corrected chi connectivity index (χ0v) is 12.5. The van der Waals surface area contributed by atoms with Gasteiger partial charge in [-0.05, 0) is 24.1 Å². The Balaban J connectivity index is 1.89. The number of amides is 3. The van der Waals surface area contributed by atoms with Crippen molar-refractivity contribution in [1.29, 1.82) is 0 Å². The van der Waals surface area contributed by atoms with Crippen LogP contribution in [0.25, 0.3) is 0 Å². The fourth-order valence-corrected chi connectivity index (χ4v) is 3.10. The van der Waals surface area contributed by atoms with E-state index in [1.165, 1.54) is 7.05 Å². The van der Waals surface area contributed by atoms with Gasteiger partial charge in [0, 0.05) is 30.0 Å². The van der Waals surface area contributed by atoms with E-state index in [0.29, 0.717) is 24.9 Å². The van der Waals surface area contributed by atoms with Gasteiger partial charge in [0.05, 0.1) is 0 Å². The van der Waals surface area contributed by atoms with Crippen molar-refractivity contribution < 1.29 is 14.4 Å². The van der Waals surface area contributed by atoms with E-state index in [0.717, 1.165) is 14.9 Å². The van der Waals surface area contributed by atoms with E-state index in [-0.39, 0.29) is 17.7 Å². The van der Waals surface area contributed by atoms with Crippen molar-refractivity contribution in [2.75, 3.05) is 7.05 Å². The van der Waals surface area contributed by atoms with Gasteiger partial charge in [0.1, 0.15) is 6.04 Å². The highest BCUT2D eigenvalue weighted by Crippen LogP contribution is 2.30. The maximum atomic E-state index is 12.4. The van der Waals surface area contributed by atoms with Crippen LogP contribution in [0.15, 0.2) is 22.7 Å². The quantitative estimate of drug-likeness (QED) is 0.731. The summed E-state index contributed by atoms with van der Waals surface area (Å²) in [6.45, 7) is 0.430. The zero-order chi connectivity index (χ0) is 14.4. The molecule has 1 saturated heterocycles. The van der Waals surface area contributed by atoms with Gasteiger partial charge in [0.25, 0.3) is 11.8 Å². The lowest BCUT2D eigenvalue weighted by molar-refractivity contribution is -0.150. The summed E-state index contributed by atoms with van der Waals surface area (Å²) < 4.78 is 0.841. The van der Waals surface area contributed by atoms with Crippen LogP contribution in [-0.2, 0) is 16.1 Å². The molecule has 0 aromatic heterocycles. The predicted molar refractivity (Wildman–Crippen MR) is 74.8 cm³/mol. The van der Waals surface area contributed by atoms with Gasteiger partial charge in [-0.3, -0.25) is 19.3 Å². The van der Waals surface area contributed by atoms with E-state index in [1.807, 2.05) is 12.1 Å². The molecule has 0 radical (unpaired) electrons. The molecule has 2 heterocycles. The molecule has 6 heteroatoms. The van der Waals surface area contributed by atoms with Crippen LogP contribution in [0.4, 0.5) is 0 Å². The molecule has 1 aromatic rings. The van der Waals surface area contributed by atoms with E-state index in [4.69, 9.17) is 0 Å². The molecule has 1 fully saturated rings. The third kappa shape index (κ3) is 1.95. The van der Waals surface area contributed by atoms with E-state index in [1.54, 1.807) is 11.0 Å². The number of carbonyl (C=O) groups is 3. The number of piperidine rings is 1. The Hall–Kier alpha value is -1.69. The van der Waals surface area contributed by atoms with E-state index >= 15 is 0 Å². The molecule has 1 aromatic carbocycles. The zero-order valence-electron chi connectivity index (χ0n) is 10.9. The SMILES string of the molecule is CN1C(=O)CCC(N2Cc3ccc(Br)cc3C2=O)C1=O. The number of hydrogen-bond acceptors (Lipinski definition) is 3.